The quantitative estimate of drug-likeness (QED) is 0.746. The zero-order valence-corrected chi connectivity index (χ0v) is 9.63. The van der Waals surface area contributed by atoms with E-state index in [9.17, 15) is 0 Å². The molecule has 0 saturated heterocycles. The van der Waals surface area contributed by atoms with Crippen LogP contribution in [0.4, 0.5) is 0 Å². The monoisotopic (exact) mass is 248 g/mol. The number of hydrogen-bond acceptors (Lipinski definition) is 2. The van der Waals surface area contributed by atoms with Crippen LogP contribution in [0.1, 0.15) is 11.1 Å². The van der Waals surface area contributed by atoms with E-state index in [1.165, 1.54) is 0 Å². The molecule has 0 aliphatic heterocycles. The number of benzene rings is 1. The molecule has 0 heterocycles. The maximum Gasteiger partial charge on any atom is 0.118 e. The molecule has 16 heavy (non-hydrogen) atoms. The molecule has 0 radical (unpaired) electrons. The zero-order valence-electron chi connectivity index (χ0n) is 8.11. The number of nitrogens with zero attached hydrogens (tertiary/aromatic N) is 2. The van der Waals surface area contributed by atoms with Crippen LogP contribution < -0.4 is 0 Å². The molecule has 0 fully saturated rings. The topological polar surface area (TPSA) is 47.6 Å². The van der Waals surface area contributed by atoms with E-state index in [0.29, 0.717) is 0 Å². The molecule has 0 aliphatic carbocycles. The van der Waals surface area contributed by atoms with Crippen molar-refractivity contribution >= 4 is 35.4 Å². The smallest absolute Gasteiger partial charge is 0.118 e. The molecule has 0 aromatic heterocycles. The van der Waals surface area contributed by atoms with Crippen LogP contribution in [0.2, 0.25) is 0 Å². The molecule has 0 atom stereocenters. The van der Waals surface area contributed by atoms with E-state index < -0.39 is 0 Å². The third-order valence-corrected chi connectivity index (χ3v) is 2.12. The molecule has 0 unspecified atom stereocenters. The SMILES string of the molecule is N#CC(Cl)=Cc1ccc(C=C(Cl)C#N)cc1. The van der Waals surface area contributed by atoms with Crippen molar-refractivity contribution in [1.29, 1.82) is 10.5 Å². The van der Waals surface area contributed by atoms with Gasteiger partial charge in [-0.25, -0.2) is 0 Å². The van der Waals surface area contributed by atoms with Gasteiger partial charge in [-0.05, 0) is 23.3 Å². The van der Waals surface area contributed by atoms with E-state index in [2.05, 4.69) is 0 Å². The van der Waals surface area contributed by atoms with Crippen molar-refractivity contribution in [2.45, 2.75) is 0 Å². The van der Waals surface area contributed by atoms with Crippen LogP contribution >= 0.6 is 23.2 Å². The number of allylic oxidation sites excluding steroid dienone is 2. The Kier molecular flexibility index (Phi) is 4.61. The largest absolute Gasteiger partial charge is 0.191 e. The first-order valence-electron chi connectivity index (χ1n) is 4.30. The minimum Gasteiger partial charge on any atom is -0.191 e. The summed E-state index contributed by atoms with van der Waals surface area (Å²) in [6.07, 6.45) is 3.11. The van der Waals surface area contributed by atoms with Crippen LogP contribution in [-0.4, -0.2) is 0 Å². The fourth-order valence-electron chi connectivity index (χ4n) is 1.05. The summed E-state index contributed by atoms with van der Waals surface area (Å²) in [6, 6.07) is 10.8. The van der Waals surface area contributed by atoms with Gasteiger partial charge in [0.05, 0.1) is 0 Å². The Morgan fingerprint density at radius 3 is 1.44 bits per heavy atom. The lowest BCUT2D eigenvalue weighted by molar-refractivity contribution is 1.52. The standard InChI is InChI=1S/C12H6Cl2N2/c13-11(7-15)5-9-1-2-10(4-3-9)6-12(14)8-16/h1-6H. The molecular weight excluding hydrogens is 243 g/mol. The average molecular weight is 249 g/mol. The minimum absolute atomic E-state index is 0.123. The van der Waals surface area contributed by atoms with Gasteiger partial charge in [0, 0.05) is 0 Å². The second kappa shape index (κ2) is 5.98. The second-order valence-corrected chi connectivity index (χ2v) is 3.69. The van der Waals surface area contributed by atoms with Crippen LogP contribution in [0.5, 0.6) is 0 Å². The van der Waals surface area contributed by atoms with Gasteiger partial charge in [0.15, 0.2) is 0 Å². The second-order valence-electron chi connectivity index (χ2n) is 2.87. The first kappa shape index (κ1) is 12.3. The maximum atomic E-state index is 8.49. The fourth-order valence-corrected chi connectivity index (χ4v) is 1.30. The summed E-state index contributed by atoms with van der Waals surface area (Å²) in [5, 5.41) is 17.2. The lowest BCUT2D eigenvalue weighted by Crippen LogP contribution is -1.76. The molecule has 1 rings (SSSR count). The van der Waals surface area contributed by atoms with Gasteiger partial charge in [-0.1, -0.05) is 47.5 Å². The summed E-state index contributed by atoms with van der Waals surface area (Å²) in [5.41, 5.74) is 1.63. The van der Waals surface area contributed by atoms with Crippen molar-refractivity contribution in [3.63, 3.8) is 0 Å². The summed E-state index contributed by atoms with van der Waals surface area (Å²) in [7, 11) is 0. The summed E-state index contributed by atoms with van der Waals surface area (Å²) in [5.74, 6) is 0. The molecule has 0 spiro atoms. The summed E-state index contributed by atoms with van der Waals surface area (Å²) < 4.78 is 0. The molecule has 0 amide bonds. The van der Waals surface area contributed by atoms with Crippen molar-refractivity contribution in [3.05, 3.63) is 45.5 Å². The Bertz CT molecular complexity index is 464. The van der Waals surface area contributed by atoms with Crippen molar-refractivity contribution in [3.8, 4) is 12.1 Å². The van der Waals surface area contributed by atoms with Crippen LogP contribution in [-0.2, 0) is 0 Å². The normalized spacial score (nSPS) is 11.8. The summed E-state index contributed by atoms with van der Waals surface area (Å²) in [6.45, 7) is 0. The fraction of sp³-hybridized carbons (Fsp3) is 0. The molecule has 4 heteroatoms. The molecule has 1 aromatic carbocycles. The number of halogens is 2. The first-order chi connectivity index (χ1) is 7.65. The van der Waals surface area contributed by atoms with Gasteiger partial charge in [0.2, 0.25) is 0 Å². The molecular formula is C12H6Cl2N2. The first-order valence-corrected chi connectivity index (χ1v) is 5.06. The number of hydrogen-bond donors (Lipinski definition) is 0. The van der Waals surface area contributed by atoms with Crippen LogP contribution in [0, 0.1) is 22.7 Å². The van der Waals surface area contributed by atoms with Gasteiger partial charge in [-0.2, -0.15) is 10.5 Å². The molecule has 0 bridgehead atoms. The average Bonchev–Trinajstić information content (AvgIpc) is 2.31. The Morgan fingerprint density at radius 1 is 0.875 bits per heavy atom. The number of nitriles is 2. The van der Waals surface area contributed by atoms with E-state index in [0.717, 1.165) is 11.1 Å². The van der Waals surface area contributed by atoms with Crippen LogP contribution in [0.3, 0.4) is 0 Å². The van der Waals surface area contributed by atoms with Gasteiger partial charge < -0.3 is 0 Å². The highest BCUT2D eigenvalue weighted by Gasteiger charge is 1.94. The predicted molar refractivity (Wildman–Crippen MR) is 65.3 cm³/mol. The van der Waals surface area contributed by atoms with Crippen LogP contribution in [0.15, 0.2) is 34.3 Å². The maximum absolute atomic E-state index is 8.49. The van der Waals surface area contributed by atoms with Crippen molar-refractivity contribution in [2.75, 3.05) is 0 Å². The lowest BCUT2D eigenvalue weighted by atomic mass is 10.1. The van der Waals surface area contributed by atoms with E-state index in [1.807, 2.05) is 12.1 Å². The predicted octanol–water partition coefficient (Wildman–Crippen LogP) is 3.89. The van der Waals surface area contributed by atoms with Gasteiger partial charge >= 0.3 is 0 Å². The Balaban J connectivity index is 2.94. The third kappa shape index (κ3) is 3.79. The Labute approximate surface area is 104 Å². The molecule has 1 aromatic rings. The minimum atomic E-state index is 0.123. The van der Waals surface area contributed by atoms with Crippen molar-refractivity contribution in [2.24, 2.45) is 0 Å². The Morgan fingerprint density at radius 2 is 1.19 bits per heavy atom. The van der Waals surface area contributed by atoms with E-state index in [-0.39, 0.29) is 10.1 Å². The molecule has 0 aliphatic rings. The Hall–Kier alpha value is -1.74. The van der Waals surface area contributed by atoms with Crippen molar-refractivity contribution < 1.29 is 0 Å². The highest BCUT2D eigenvalue weighted by atomic mass is 35.5. The van der Waals surface area contributed by atoms with Gasteiger partial charge in [0.1, 0.15) is 22.2 Å². The van der Waals surface area contributed by atoms with E-state index >= 15 is 0 Å². The van der Waals surface area contributed by atoms with E-state index in [1.54, 1.807) is 36.4 Å². The molecule has 78 valence electrons. The lowest BCUT2D eigenvalue weighted by Gasteiger charge is -1.95. The highest BCUT2D eigenvalue weighted by molar-refractivity contribution is 6.34. The van der Waals surface area contributed by atoms with Crippen LogP contribution in [0.25, 0.3) is 12.2 Å². The highest BCUT2D eigenvalue weighted by Crippen LogP contribution is 2.14. The van der Waals surface area contributed by atoms with Gasteiger partial charge in [0.25, 0.3) is 0 Å². The zero-order chi connectivity index (χ0) is 12.0. The van der Waals surface area contributed by atoms with E-state index in [4.69, 9.17) is 33.7 Å². The molecule has 2 nitrogen and oxygen atoms in total. The number of rotatable bonds is 2. The molecule has 0 saturated carbocycles. The molecule has 0 N–H and O–H groups in total. The summed E-state index contributed by atoms with van der Waals surface area (Å²) >= 11 is 11.1. The third-order valence-electron chi connectivity index (χ3n) is 1.74. The van der Waals surface area contributed by atoms with Gasteiger partial charge in [-0.15, -0.1) is 0 Å². The van der Waals surface area contributed by atoms with Crippen molar-refractivity contribution in [1.82, 2.24) is 0 Å². The summed E-state index contributed by atoms with van der Waals surface area (Å²) in [4.78, 5) is 0. The van der Waals surface area contributed by atoms with Gasteiger partial charge in [-0.3, -0.25) is 0 Å².